The van der Waals surface area contributed by atoms with Crippen molar-refractivity contribution in [1.29, 1.82) is 0 Å². The molecule has 1 aliphatic heterocycles. The number of aromatic nitrogens is 1. The molecule has 0 aromatic carbocycles. The van der Waals surface area contributed by atoms with Crippen LogP contribution in [-0.4, -0.2) is 65.6 Å². The molecule has 0 aliphatic carbocycles. The van der Waals surface area contributed by atoms with Crippen LogP contribution in [0.15, 0.2) is 18.3 Å². The molecule has 1 saturated heterocycles. The summed E-state index contributed by atoms with van der Waals surface area (Å²) in [7, 11) is 3.90. The van der Waals surface area contributed by atoms with Gasteiger partial charge in [-0.3, -0.25) is 4.79 Å². The Balaban J connectivity index is 2.19. The van der Waals surface area contributed by atoms with E-state index in [-0.39, 0.29) is 18.6 Å². The van der Waals surface area contributed by atoms with E-state index < -0.39 is 0 Å². The lowest BCUT2D eigenvalue weighted by molar-refractivity contribution is 0.0638. The summed E-state index contributed by atoms with van der Waals surface area (Å²) in [5.41, 5.74) is 0.918. The number of likely N-dealkylation sites (tertiary alicyclic amines) is 1. The number of aliphatic hydroxyl groups excluding tert-OH is 1. The molecule has 112 valence electrons. The molecule has 0 radical (unpaired) electrons. The van der Waals surface area contributed by atoms with Gasteiger partial charge in [-0.2, -0.15) is 0 Å². The molecule has 1 fully saturated rings. The van der Waals surface area contributed by atoms with Gasteiger partial charge in [0.2, 0.25) is 0 Å². The second kappa shape index (κ2) is 7.21. The first-order valence-corrected chi connectivity index (χ1v) is 7.14. The van der Waals surface area contributed by atoms with Crippen LogP contribution in [0.4, 0.5) is 0 Å². The molecule has 0 saturated carbocycles. The molecule has 21 heavy (non-hydrogen) atoms. The van der Waals surface area contributed by atoms with Crippen LogP contribution in [0.1, 0.15) is 28.9 Å². The van der Waals surface area contributed by atoms with Crippen LogP contribution in [-0.2, 0) is 0 Å². The number of amides is 1. The molecule has 0 bridgehead atoms. The molecule has 5 nitrogen and oxygen atoms in total. The minimum Gasteiger partial charge on any atom is -0.384 e. The van der Waals surface area contributed by atoms with Crippen molar-refractivity contribution < 1.29 is 9.90 Å². The van der Waals surface area contributed by atoms with Gasteiger partial charge in [0.25, 0.3) is 5.91 Å². The third kappa shape index (κ3) is 3.81. The van der Waals surface area contributed by atoms with Gasteiger partial charge in [-0.15, -0.1) is 0 Å². The van der Waals surface area contributed by atoms with Crippen molar-refractivity contribution in [2.75, 3.05) is 33.8 Å². The predicted molar refractivity (Wildman–Crippen MR) is 80.8 cm³/mol. The highest BCUT2D eigenvalue weighted by atomic mass is 16.2. The summed E-state index contributed by atoms with van der Waals surface area (Å²) >= 11 is 0. The summed E-state index contributed by atoms with van der Waals surface area (Å²) in [5, 5.41) is 8.80. The lowest BCUT2D eigenvalue weighted by atomic mass is 10.0. The van der Waals surface area contributed by atoms with E-state index in [1.54, 1.807) is 23.2 Å². The van der Waals surface area contributed by atoms with Crippen LogP contribution >= 0.6 is 0 Å². The number of pyridine rings is 1. The summed E-state index contributed by atoms with van der Waals surface area (Å²) in [5.74, 6) is 5.25. The Morgan fingerprint density at radius 1 is 1.62 bits per heavy atom. The van der Waals surface area contributed by atoms with Crippen LogP contribution in [0.25, 0.3) is 0 Å². The highest BCUT2D eigenvalue weighted by molar-refractivity contribution is 5.94. The average molecular weight is 287 g/mol. The van der Waals surface area contributed by atoms with Crippen LogP contribution in [0.5, 0.6) is 0 Å². The zero-order valence-corrected chi connectivity index (χ0v) is 12.5. The third-order valence-corrected chi connectivity index (χ3v) is 3.78. The van der Waals surface area contributed by atoms with Crippen molar-refractivity contribution in [2.45, 2.75) is 18.9 Å². The molecule has 1 unspecified atom stereocenters. The number of carbonyl (C=O) groups is 1. The van der Waals surface area contributed by atoms with Gasteiger partial charge in [-0.05, 0) is 38.6 Å². The molecule has 2 rings (SSSR count). The fourth-order valence-corrected chi connectivity index (χ4v) is 2.60. The van der Waals surface area contributed by atoms with Gasteiger partial charge in [0.1, 0.15) is 12.3 Å². The number of likely N-dealkylation sites (N-methyl/N-ethyl adjacent to an activating group) is 2. The summed E-state index contributed by atoms with van der Waals surface area (Å²) in [6.45, 7) is 1.73. The van der Waals surface area contributed by atoms with E-state index >= 15 is 0 Å². The van der Waals surface area contributed by atoms with Gasteiger partial charge < -0.3 is 14.9 Å². The molecule has 2 heterocycles. The summed E-state index contributed by atoms with van der Waals surface area (Å²) < 4.78 is 0. The molecule has 5 heteroatoms. The summed E-state index contributed by atoms with van der Waals surface area (Å²) in [4.78, 5) is 20.8. The van der Waals surface area contributed by atoms with E-state index in [9.17, 15) is 4.79 Å². The molecule has 1 atom stereocenters. The van der Waals surface area contributed by atoms with Crippen molar-refractivity contribution in [3.05, 3.63) is 29.6 Å². The number of nitrogens with zero attached hydrogens (tertiary/aromatic N) is 3. The first-order chi connectivity index (χ1) is 10.1. The predicted octanol–water partition coefficient (Wildman–Crippen LogP) is 0.592. The second-order valence-corrected chi connectivity index (χ2v) is 5.33. The van der Waals surface area contributed by atoms with Gasteiger partial charge >= 0.3 is 0 Å². The monoisotopic (exact) mass is 287 g/mol. The number of hydrogen-bond acceptors (Lipinski definition) is 4. The van der Waals surface area contributed by atoms with Crippen molar-refractivity contribution in [2.24, 2.45) is 0 Å². The van der Waals surface area contributed by atoms with Gasteiger partial charge in [-0.25, -0.2) is 4.98 Å². The molecule has 1 aromatic rings. The first-order valence-electron chi connectivity index (χ1n) is 7.14. The Morgan fingerprint density at radius 2 is 2.43 bits per heavy atom. The van der Waals surface area contributed by atoms with Crippen LogP contribution in [0.2, 0.25) is 0 Å². The van der Waals surface area contributed by atoms with E-state index in [1.807, 2.05) is 7.05 Å². The Labute approximate surface area is 125 Å². The maximum atomic E-state index is 12.6. The largest absolute Gasteiger partial charge is 0.384 e. The van der Waals surface area contributed by atoms with Crippen LogP contribution < -0.4 is 0 Å². The topological polar surface area (TPSA) is 56.7 Å². The fraction of sp³-hybridized carbons (Fsp3) is 0.500. The van der Waals surface area contributed by atoms with Crippen LogP contribution in [0, 0.1) is 11.8 Å². The maximum absolute atomic E-state index is 12.6. The maximum Gasteiger partial charge on any atom is 0.273 e. The summed E-state index contributed by atoms with van der Waals surface area (Å²) in [6, 6.07) is 3.70. The lowest BCUT2D eigenvalue weighted by Gasteiger charge is -2.35. The van der Waals surface area contributed by atoms with Gasteiger partial charge in [-0.1, -0.05) is 11.8 Å². The molecule has 1 amide bonds. The average Bonchev–Trinajstić information content (AvgIpc) is 2.51. The SMILES string of the molecule is CN1CCCC(N(C)C(=O)c2ncccc2C#CCO)C1. The number of carbonyl (C=O) groups excluding carboxylic acids is 1. The number of aliphatic hydroxyl groups is 1. The van der Waals surface area contributed by atoms with Crippen LogP contribution in [0.3, 0.4) is 0 Å². The lowest BCUT2D eigenvalue weighted by Crippen LogP contribution is -2.47. The smallest absolute Gasteiger partial charge is 0.273 e. The Morgan fingerprint density at radius 3 is 3.14 bits per heavy atom. The van der Waals surface area contributed by atoms with Gasteiger partial charge in [0, 0.05) is 25.8 Å². The quantitative estimate of drug-likeness (QED) is 0.809. The zero-order valence-electron chi connectivity index (χ0n) is 12.5. The van der Waals surface area contributed by atoms with Crippen molar-refractivity contribution in [3.8, 4) is 11.8 Å². The van der Waals surface area contributed by atoms with Crippen molar-refractivity contribution >= 4 is 5.91 Å². The van der Waals surface area contributed by atoms with Crippen molar-refractivity contribution in [3.63, 3.8) is 0 Å². The van der Waals surface area contributed by atoms with E-state index in [0.717, 1.165) is 25.9 Å². The molecule has 1 aliphatic rings. The van der Waals surface area contributed by atoms with Gasteiger partial charge in [0.15, 0.2) is 0 Å². The molecular formula is C16H21N3O2. The molecule has 1 aromatic heterocycles. The first kappa shape index (κ1) is 15.5. The Bertz CT molecular complexity index is 562. The highest BCUT2D eigenvalue weighted by Crippen LogP contribution is 2.16. The molecule has 0 spiro atoms. The van der Waals surface area contributed by atoms with E-state index in [4.69, 9.17) is 5.11 Å². The van der Waals surface area contributed by atoms with E-state index in [2.05, 4.69) is 28.8 Å². The fourth-order valence-electron chi connectivity index (χ4n) is 2.60. The van der Waals surface area contributed by atoms with Gasteiger partial charge in [0.05, 0.1) is 5.56 Å². The standard InChI is InChI=1S/C16H21N3O2/c1-18-10-4-8-14(12-18)19(2)16(21)15-13(7-5-11-20)6-3-9-17-15/h3,6,9,14,20H,4,8,10-12H2,1-2H3. The van der Waals surface area contributed by atoms with Crippen molar-refractivity contribution in [1.82, 2.24) is 14.8 Å². The normalized spacial score (nSPS) is 18.7. The second-order valence-electron chi connectivity index (χ2n) is 5.33. The Hall–Kier alpha value is -1.90. The minimum absolute atomic E-state index is 0.113. The zero-order chi connectivity index (χ0) is 15.2. The molecular weight excluding hydrogens is 266 g/mol. The number of hydrogen-bond donors (Lipinski definition) is 1. The highest BCUT2D eigenvalue weighted by Gasteiger charge is 2.26. The molecule has 1 N–H and O–H groups in total. The van der Waals surface area contributed by atoms with E-state index in [0.29, 0.717) is 11.3 Å². The summed E-state index contributed by atoms with van der Waals surface area (Å²) in [6.07, 6.45) is 3.70. The third-order valence-electron chi connectivity index (χ3n) is 3.78. The number of rotatable bonds is 2. The minimum atomic E-state index is -0.230. The van der Waals surface area contributed by atoms with E-state index in [1.165, 1.54) is 0 Å². The Kier molecular flexibility index (Phi) is 5.32. The number of piperidine rings is 1.